The Morgan fingerprint density at radius 3 is 2.70 bits per heavy atom. The van der Waals surface area contributed by atoms with E-state index < -0.39 is 5.60 Å². The van der Waals surface area contributed by atoms with Crippen molar-refractivity contribution in [3.8, 4) is 0 Å². The molecule has 5 nitrogen and oxygen atoms in total. The quantitative estimate of drug-likeness (QED) is 0.654. The molecule has 5 heteroatoms. The molecule has 0 radical (unpaired) electrons. The lowest BCUT2D eigenvalue weighted by Gasteiger charge is -2.35. The molecular weight excluding hydrogens is 256 g/mol. The summed E-state index contributed by atoms with van der Waals surface area (Å²) >= 11 is 0. The summed E-state index contributed by atoms with van der Waals surface area (Å²) in [6.45, 7) is 4.37. The summed E-state index contributed by atoms with van der Waals surface area (Å²) in [4.78, 5) is 10.5. The molecule has 0 aromatic heterocycles. The van der Waals surface area contributed by atoms with Gasteiger partial charge in [0, 0.05) is 23.9 Å². The summed E-state index contributed by atoms with van der Waals surface area (Å²) < 4.78 is 0. The van der Waals surface area contributed by atoms with Crippen LogP contribution in [0.3, 0.4) is 0 Å². The van der Waals surface area contributed by atoms with Crippen LogP contribution in [0.1, 0.15) is 38.2 Å². The van der Waals surface area contributed by atoms with Crippen molar-refractivity contribution in [1.82, 2.24) is 0 Å². The summed E-state index contributed by atoms with van der Waals surface area (Å²) in [5.41, 5.74) is 0.756. The summed E-state index contributed by atoms with van der Waals surface area (Å²) in [7, 11) is 0. The number of nitro benzene ring substituents is 1. The van der Waals surface area contributed by atoms with Crippen molar-refractivity contribution >= 4 is 11.4 Å². The topological polar surface area (TPSA) is 75.4 Å². The van der Waals surface area contributed by atoms with Crippen molar-refractivity contribution in [3.63, 3.8) is 0 Å². The molecule has 2 rings (SSSR count). The molecule has 0 bridgehead atoms. The van der Waals surface area contributed by atoms with Gasteiger partial charge in [-0.05, 0) is 44.6 Å². The third kappa shape index (κ3) is 3.48. The number of benzene rings is 1. The molecule has 1 aromatic rings. The fraction of sp³-hybridized carbons (Fsp3) is 0.600. The summed E-state index contributed by atoms with van der Waals surface area (Å²) in [5.74, 6) is 0.677. The van der Waals surface area contributed by atoms with Gasteiger partial charge in [0.2, 0.25) is 0 Å². The minimum atomic E-state index is -0.688. The Morgan fingerprint density at radius 1 is 1.45 bits per heavy atom. The molecular formula is C15H22N2O3. The standard InChI is InChI=1S/C15H22N2O3/c1-11-5-7-15(18,8-6-11)10-16-13-4-3-12(2)14(9-13)17(19)20/h3-4,9,11,16,18H,5-8,10H2,1-2H3. The van der Waals surface area contributed by atoms with Crippen LogP contribution in [-0.2, 0) is 0 Å². The van der Waals surface area contributed by atoms with Crippen LogP contribution in [0.5, 0.6) is 0 Å². The second-order valence-electron chi connectivity index (χ2n) is 6.02. The molecule has 20 heavy (non-hydrogen) atoms. The van der Waals surface area contributed by atoms with Crippen molar-refractivity contribution in [1.29, 1.82) is 0 Å². The van der Waals surface area contributed by atoms with E-state index in [1.165, 1.54) is 6.07 Å². The predicted molar refractivity (Wildman–Crippen MR) is 78.9 cm³/mol. The van der Waals surface area contributed by atoms with Crippen LogP contribution in [0.15, 0.2) is 18.2 Å². The number of nitrogens with one attached hydrogen (secondary N) is 1. The van der Waals surface area contributed by atoms with Crippen LogP contribution in [0.25, 0.3) is 0 Å². The van der Waals surface area contributed by atoms with Crippen molar-refractivity contribution in [2.45, 2.75) is 45.1 Å². The first-order valence-corrected chi connectivity index (χ1v) is 7.11. The number of hydrogen-bond acceptors (Lipinski definition) is 4. The maximum atomic E-state index is 10.9. The van der Waals surface area contributed by atoms with Gasteiger partial charge in [-0.1, -0.05) is 13.0 Å². The van der Waals surface area contributed by atoms with Crippen molar-refractivity contribution < 1.29 is 10.0 Å². The number of nitrogens with zero attached hydrogens (tertiary/aromatic N) is 1. The van der Waals surface area contributed by atoms with Crippen molar-refractivity contribution in [3.05, 3.63) is 33.9 Å². The lowest BCUT2D eigenvalue weighted by atomic mass is 9.79. The van der Waals surface area contributed by atoms with Gasteiger partial charge in [-0.2, -0.15) is 0 Å². The summed E-state index contributed by atoms with van der Waals surface area (Å²) in [6, 6.07) is 5.08. The van der Waals surface area contributed by atoms with Gasteiger partial charge in [-0.3, -0.25) is 10.1 Å². The number of anilines is 1. The lowest BCUT2D eigenvalue weighted by molar-refractivity contribution is -0.385. The van der Waals surface area contributed by atoms with Crippen LogP contribution < -0.4 is 5.32 Å². The Hall–Kier alpha value is -1.62. The van der Waals surface area contributed by atoms with Gasteiger partial charge >= 0.3 is 0 Å². The first-order chi connectivity index (χ1) is 9.39. The lowest BCUT2D eigenvalue weighted by Crippen LogP contribution is -2.40. The van der Waals surface area contributed by atoms with Crippen LogP contribution >= 0.6 is 0 Å². The number of aryl methyl sites for hydroxylation is 1. The normalized spacial score (nSPS) is 26.2. The van der Waals surface area contributed by atoms with E-state index in [4.69, 9.17) is 0 Å². The highest BCUT2D eigenvalue weighted by molar-refractivity contribution is 5.55. The fourth-order valence-corrected chi connectivity index (χ4v) is 2.66. The fourth-order valence-electron chi connectivity index (χ4n) is 2.66. The molecule has 0 saturated heterocycles. The zero-order chi connectivity index (χ0) is 14.8. The third-order valence-electron chi connectivity index (χ3n) is 4.23. The Labute approximate surface area is 119 Å². The molecule has 1 aliphatic rings. The third-order valence-corrected chi connectivity index (χ3v) is 4.23. The largest absolute Gasteiger partial charge is 0.388 e. The van der Waals surface area contributed by atoms with E-state index in [1.807, 2.05) is 6.07 Å². The first kappa shape index (κ1) is 14.8. The molecule has 0 amide bonds. The first-order valence-electron chi connectivity index (χ1n) is 7.11. The van der Waals surface area contributed by atoms with Crippen molar-refractivity contribution in [2.24, 2.45) is 5.92 Å². The summed E-state index contributed by atoms with van der Waals surface area (Å²) in [6.07, 6.45) is 3.64. The molecule has 0 unspecified atom stereocenters. The van der Waals surface area contributed by atoms with Gasteiger partial charge in [0.05, 0.1) is 10.5 Å². The molecule has 110 valence electrons. The number of hydrogen-bond donors (Lipinski definition) is 2. The molecule has 1 aromatic carbocycles. The van der Waals surface area contributed by atoms with E-state index in [-0.39, 0.29) is 10.6 Å². The van der Waals surface area contributed by atoms with Gasteiger partial charge in [-0.25, -0.2) is 0 Å². The average Bonchev–Trinajstić information content (AvgIpc) is 2.41. The second kappa shape index (κ2) is 5.79. The monoisotopic (exact) mass is 278 g/mol. The average molecular weight is 278 g/mol. The highest BCUT2D eigenvalue weighted by atomic mass is 16.6. The van der Waals surface area contributed by atoms with E-state index in [0.29, 0.717) is 23.7 Å². The molecule has 2 N–H and O–H groups in total. The van der Waals surface area contributed by atoms with E-state index in [9.17, 15) is 15.2 Å². The zero-order valence-electron chi connectivity index (χ0n) is 12.1. The summed E-state index contributed by atoms with van der Waals surface area (Å²) in [5, 5.41) is 24.5. The molecule has 1 fully saturated rings. The molecule has 0 spiro atoms. The maximum Gasteiger partial charge on any atom is 0.274 e. The zero-order valence-corrected chi connectivity index (χ0v) is 12.1. The van der Waals surface area contributed by atoms with E-state index in [2.05, 4.69) is 12.2 Å². The van der Waals surface area contributed by atoms with E-state index in [1.54, 1.807) is 13.0 Å². The number of nitro groups is 1. The van der Waals surface area contributed by atoms with Gasteiger partial charge in [0.15, 0.2) is 0 Å². The van der Waals surface area contributed by atoms with Gasteiger partial charge in [0.25, 0.3) is 5.69 Å². The molecule has 0 atom stereocenters. The Bertz CT molecular complexity index is 494. The van der Waals surface area contributed by atoms with Crippen LogP contribution in [0.2, 0.25) is 0 Å². The van der Waals surface area contributed by atoms with Gasteiger partial charge in [0.1, 0.15) is 0 Å². The predicted octanol–water partition coefficient (Wildman–Crippen LogP) is 3.26. The SMILES string of the molecule is Cc1ccc(NCC2(O)CCC(C)CC2)cc1[N+](=O)[O-]. The molecule has 0 aliphatic heterocycles. The maximum absolute atomic E-state index is 10.9. The minimum Gasteiger partial charge on any atom is -0.388 e. The van der Waals surface area contributed by atoms with E-state index in [0.717, 1.165) is 25.7 Å². The minimum absolute atomic E-state index is 0.110. The van der Waals surface area contributed by atoms with Crippen LogP contribution in [0.4, 0.5) is 11.4 Å². The van der Waals surface area contributed by atoms with Gasteiger partial charge < -0.3 is 10.4 Å². The number of aliphatic hydroxyl groups is 1. The Balaban J connectivity index is 2.00. The van der Waals surface area contributed by atoms with Gasteiger partial charge in [-0.15, -0.1) is 0 Å². The number of rotatable bonds is 4. The molecule has 0 heterocycles. The van der Waals surface area contributed by atoms with Crippen molar-refractivity contribution in [2.75, 3.05) is 11.9 Å². The molecule has 1 saturated carbocycles. The second-order valence-corrected chi connectivity index (χ2v) is 6.02. The smallest absolute Gasteiger partial charge is 0.274 e. The Morgan fingerprint density at radius 2 is 2.10 bits per heavy atom. The Kier molecular flexibility index (Phi) is 4.28. The van der Waals surface area contributed by atoms with Crippen LogP contribution in [0, 0.1) is 23.0 Å². The highest BCUT2D eigenvalue weighted by Gasteiger charge is 2.31. The van der Waals surface area contributed by atoms with Crippen LogP contribution in [-0.4, -0.2) is 22.2 Å². The molecule has 1 aliphatic carbocycles. The van der Waals surface area contributed by atoms with E-state index >= 15 is 0 Å². The highest BCUT2D eigenvalue weighted by Crippen LogP contribution is 2.32.